The van der Waals surface area contributed by atoms with Gasteiger partial charge in [0.25, 0.3) is 5.91 Å². The predicted octanol–water partition coefficient (Wildman–Crippen LogP) is 1.59. The summed E-state index contributed by atoms with van der Waals surface area (Å²) in [5.41, 5.74) is 1.59. The smallest absolute Gasteiger partial charge is 0.251 e. The number of rotatable bonds is 6. The Morgan fingerprint density at radius 3 is 2.24 bits per heavy atom. The van der Waals surface area contributed by atoms with Crippen LogP contribution in [0.4, 0.5) is 0 Å². The lowest BCUT2D eigenvalue weighted by molar-refractivity contribution is -0.308. The summed E-state index contributed by atoms with van der Waals surface area (Å²) in [6, 6.07) is 6.27. The molecule has 0 radical (unpaired) electrons. The van der Waals surface area contributed by atoms with Gasteiger partial charge in [-0.3, -0.25) is 4.79 Å². The zero-order chi connectivity index (χ0) is 16.0. The van der Waals surface area contributed by atoms with Crippen LogP contribution in [0.25, 0.3) is 0 Å². The summed E-state index contributed by atoms with van der Waals surface area (Å²) >= 11 is 1.53. The Morgan fingerprint density at radius 2 is 1.81 bits per heavy atom. The molecule has 4 nitrogen and oxygen atoms in total. The van der Waals surface area contributed by atoms with Gasteiger partial charge in [-0.05, 0) is 41.5 Å². The van der Waals surface area contributed by atoms with Crippen molar-refractivity contribution in [2.24, 2.45) is 0 Å². The molecule has 1 aromatic carbocycles. The van der Waals surface area contributed by atoms with E-state index in [1.807, 2.05) is 18.4 Å². The van der Waals surface area contributed by atoms with Crippen LogP contribution in [-0.2, 0) is 10.2 Å². The van der Waals surface area contributed by atoms with Gasteiger partial charge in [0, 0.05) is 5.56 Å². The molecule has 1 N–H and O–H groups in total. The molecule has 5 heteroatoms. The third kappa shape index (κ3) is 5.42. The largest absolute Gasteiger partial charge is 0.548 e. The Kier molecular flexibility index (Phi) is 6.27. The maximum absolute atomic E-state index is 12.1. The maximum Gasteiger partial charge on any atom is 0.251 e. The van der Waals surface area contributed by atoms with Gasteiger partial charge < -0.3 is 15.2 Å². The van der Waals surface area contributed by atoms with Gasteiger partial charge in [-0.1, -0.05) is 32.9 Å². The Labute approximate surface area is 130 Å². The molecule has 1 amide bonds. The van der Waals surface area contributed by atoms with Crippen LogP contribution in [0.2, 0.25) is 0 Å². The fraction of sp³-hybridized carbons (Fsp3) is 0.500. The minimum atomic E-state index is -1.25. The number of carbonyl (C=O) groups excluding carboxylic acids is 2. The van der Waals surface area contributed by atoms with Crippen LogP contribution in [0.3, 0.4) is 0 Å². The van der Waals surface area contributed by atoms with Crippen molar-refractivity contribution in [1.82, 2.24) is 5.32 Å². The fourth-order valence-electron chi connectivity index (χ4n) is 1.85. The first-order valence-electron chi connectivity index (χ1n) is 6.87. The molecular weight excluding hydrogens is 286 g/mol. The fourth-order valence-corrected chi connectivity index (χ4v) is 2.32. The Bertz CT molecular complexity index is 491. The SMILES string of the molecule is CSCC[C@H](NC(=O)c1ccc(C(C)(C)C)cc1)C(=O)[O-]. The molecule has 0 aromatic heterocycles. The lowest BCUT2D eigenvalue weighted by atomic mass is 9.86. The van der Waals surface area contributed by atoms with Gasteiger partial charge in [0.15, 0.2) is 0 Å². The molecule has 0 heterocycles. The van der Waals surface area contributed by atoms with E-state index in [0.29, 0.717) is 17.7 Å². The molecule has 0 saturated heterocycles. The Hall–Kier alpha value is -1.49. The summed E-state index contributed by atoms with van der Waals surface area (Å²) in [5.74, 6) is -0.975. The van der Waals surface area contributed by atoms with Crippen molar-refractivity contribution in [1.29, 1.82) is 0 Å². The molecule has 0 saturated carbocycles. The molecule has 0 fully saturated rings. The van der Waals surface area contributed by atoms with Gasteiger partial charge in [0.2, 0.25) is 0 Å². The highest BCUT2D eigenvalue weighted by Gasteiger charge is 2.17. The van der Waals surface area contributed by atoms with Crippen molar-refractivity contribution in [3.63, 3.8) is 0 Å². The second-order valence-corrected chi connectivity index (χ2v) is 6.94. The predicted molar refractivity (Wildman–Crippen MR) is 84.4 cm³/mol. The van der Waals surface area contributed by atoms with Crippen molar-refractivity contribution >= 4 is 23.6 Å². The van der Waals surface area contributed by atoms with Crippen LogP contribution >= 0.6 is 11.8 Å². The van der Waals surface area contributed by atoms with E-state index >= 15 is 0 Å². The minimum Gasteiger partial charge on any atom is -0.548 e. The zero-order valence-corrected chi connectivity index (χ0v) is 13.8. The number of thioether (sulfide) groups is 1. The lowest BCUT2D eigenvalue weighted by Gasteiger charge is -2.21. The number of nitrogens with one attached hydrogen (secondary N) is 1. The Balaban J connectivity index is 2.76. The summed E-state index contributed by atoms with van der Waals surface area (Å²) in [4.78, 5) is 23.1. The number of carboxylic acids is 1. The number of carboxylic acid groups (broad SMARTS) is 1. The number of aliphatic carboxylic acids is 1. The summed E-state index contributed by atoms with van der Waals surface area (Å²) in [5, 5.41) is 13.5. The second-order valence-electron chi connectivity index (χ2n) is 5.95. The van der Waals surface area contributed by atoms with Crippen LogP contribution in [0.1, 0.15) is 43.1 Å². The van der Waals surface area contributed by atoms with Gasteiger partial charge in [-0.15, -0.1) is 0 Å². The van der Waals surface area contributed by atoms with E-state index in [0.717, 1.165) is 5.56 Å². The van der Waals surface area contributed by atoms with E-state index < -0.39 is 12.0 Å². The van der Waals surface area contributed by atoms with E-state index in [1.165, 1.54) is 11.8 Å². The molecular formula is C16H22NO3S-. The molecule has 0 spiro atoms. The van der Waals surface area contributed by atoms with Crippen molar-refractivity contribution in [2.75, 3.05) is 12.0 Å². The number of benzene rings is 1. The van der Waals surface area contributed by atoms with Crippen LogP contribution in [-0.4, -0.2) is 29.9 Å². The molecule has 1 aromatic rings. The first-order chi connectivity index (χ1) is 9.75. The summed E-state index contributed by atoms with van der Waals surface area (Å²) in [6.07, 6.45) is 2.24. The van der Waals surface area contributed by atoms with Crippen molar-refractivity contribution in [3.8, 4) is 0 Å². The van der Waals surface area contributed by atoms with Crippen LogP contribution in [0.5, 0.6) is 0 Å². The quantitative estimate of drug-likeness (QED) is 0.866. The van der Waals surface area contributed by atoms with Gasteiger partial charge >= 0.3 is 0 Å². The monoisotopic (exact) mass is 308 g/mol. The lowest BCUT2D eigenvalue weighted by Crippen LogP contribution is -2.48. The van der Waals surface area contributed by atoms with Gasteiger partial charge in [-0.25, -0.2) is 0 Å². The maximum atomic E-state index is 12.1. The third-order valence-electron chi connectivity index (χ3n) is 3.21. The number of carbonyl (C=O) groups is 2. The summed E-state index contributed by atoms with van der Waals surface area (Å²) in [7, 11) is 0. The van der Waals surface area contributed by atoms with E-state index in [1.54, 1.807) is 12.1 Å². The molecule has 0 unspecified atom stereocenters. The highest BCUT2D eigenvalue weighted by Crippen LogP contribution is 2.22. The summed E-state index contributed by atoms with van der Waals surface area (Å²) in [6.45, 7) is 6.28. The molecule has 0 bridgehead atoms. The molecule has 116 valence electrons. The van der Waals surface area contributed by atoms with E-state index in [9.17, 15) is 14.7 Å². The Morgan fingerprint density at radius 1 is 1.24 bits per heavy atom. The third-order valence-corrected chi connectivity index (χ3v) is 3.86. The van der Waals surface area contributed by atoms with Crippen molar-refractivity contribution < 1.29 is 14.7 Å². The average molecular weight is 308 g/mol. The molecule has 1 atom stereocenters. The molecule has 21 heavy (non-hydrogen) atoms. The minimum absolute atomic E-state index is 0.0148. The number of hydrogen-bond acceptors (Lipinski definition) is 4. The highest BCUT2D eigenvalue weighted by atomic mass is 32.2. The molecule has 0 aliphatic carbocycles. The van der Waals surface area contributed by atoms with Crippen LogP contribution in [0.15, 0.2) is 24.3 Å². The van der Waals surface area contributed by atoms with Crippen LogP contribution in [0, 0.1) is 0 Å². The van der Waals surface area contributed by atoms with E-state index in [2.05, 4.69) is 26.1 Å². The molecule has 0 aliphatic rings. The summed E-state index contributed by atoms with van der Waals surface area (Å²) < 4.78 is 0. The van der Waals surface area contributed by atoms with Gasteiger partial charge in [0.05, 0.1) is 12.0 Å². The standard InChI is InChI=1S/C16H23NO3S/c1-16(2,3)12-7-5-11(6-8-12)14(18)17-13(15(19)20)9-10-21-4/h5-8,13H,9-10H2,1-4H3,(H,17,18)(H,19,20)/p-1/t13-/m0/s1. The average Bonchev–Trinajstić information content (AvgIpc) is 2.42. The first kappa shape index (κ1) is 17.6. The topological polar surface area (TPSA) is 69.2 Å². The first-order valence-corrected chi connectivity index (χ1v) is 8.26. The molecule has 1 rings (SSSR count). The number of hydrogen-bond donors (Lipinski definition) is 1. The van der Waals surface area contributed by atoms with Gasteiger partial charge in [-0.2, -0.15) is 11.8 Å². The number of amides is 1. The highest BCUT2D eigenvalue weighted by molar-refractivity contribution is 7.98. The van der Waals surface area contributed by atoms with Crippen molar-refractivity contribution in [2.45, 2.75) is 38.6 Å². The second kappa shape index (κ2) is 7.50. The van der Waals surface area contributed by atoms with Crippen LogP contribution < -0.4 is 10.4 Å². The van der Waals surface area contributed by atoms with E-state index in [4.69, 9.17) is 0 Å². The van der Waals surface area contributed by atoms with E-state index in [-0.39, 0.29) is 11.3 Å². The van der Waals surface area contributed by atoms with Crippen molar-refractivity contribution in [3.05, 3.63) is 35.4 Å². The zero-order valence-electron chi connectivity index (χ0n) is 12.9. The normalized spacial score (nSPS) is 12.8. The van der Waals surface area contributed by atoms with Gasteiger partial charge in [0.1, 0.15) is 0 Å². The molecule has 0 aliphatic heterocycles.